The Morgan fingerprint density at radius 1 is 1.20 bits per heavy atom. The topological polar surface area (TPSA) is 140 Å². The number of halogens is 1. The molecule has 1 saturated carbocycles. The average Bonchev–Trinajstić information content (AvgIpc) is 3.57. The van der Waals surface area contributed by atoms with Crippen LogP contribution >= 0.6 is 11.6 Å². The number of nitrogens with two attached hydrogens (primary N) is 1. The zero-order chi connectivity index (χ0) is 25.1. The summed E-state index contributed by atoms with van der Waals surface area (Å²) in [5, 5.41) is 5.77. The van der Waals surface area contributed by atoms with Crippen molar-refractivity contribution in [3.05, 3.63) is 28.8 Å². The summed E-state index contributed by atoms with van der Waals surface area (Å²) in [6.45, 7) is 1.97. The number of hydrogen-bond acceptors (Lipinski definition) is 7. The van der Waals surface area contributed by atoms with Gasteiger partial charge in [0.2, 0.25) is 18.1 Å². The molecule has 1 aliphatic carbocycles. The molecule has 3 fully saturated rings. The Kier molecular flexibility index (Phi) is 7.81. The third kappa shape index (κ3) is 5.87. The van der Waals surface area contributed by atoms with E-state index in [4.69, 9.17) is 26.8 Å². The van der Waals surface area contributed by atoms with E-state index in [0.29, 0.717) is 25.1 Å². The molecule has 2 saturated heterocycles. The normalized spacial score (nSPS) is 25.4. The third-order valence-electron chi connectivity index (χ3n) is 6.74. The lowest BCUT2D eigenvalue weighted by Crippen LogP contribution is -2.54. The standard InChI is InChI=1S/C24H31ClN4O6/c1-13(27-21(31)14-8-9-17(26)16(25)11-14)23(33)29-10-4-7-19(29)22(32)28-18-12-20(30)35-24(18)34-15-5-2-3-6-15/h8-9,11,13,15,18-19,24H,2-7,10,12,26H2,1H3,(H,27,31)(H,28,32)/t13-,18-,19-,24-/m0/s1. The SMILES string of the molecule is C[C@H](NC(=O)c1ccc(N)c(Cl)c1)C(=O)N1CCC[C@H]1C(=O)N[C@H]1CC(=O)O[C@@H]1OC1CCCC1. The first-order valence-corrected chi connectivity index (χ1v) is 12.4. The van der Waals surface area contributed by atoms with Crippen molar-refractivity contribution in [1.82, 2.24) is 15.5 Å². The molecule has 4 atom stereocenters. The Morgan fingerprint density at radius 3 is 2.66 bits per heavy atom. The predicted molar refractivity (Wildman–Crippen MR) is 127 cm³/mol. The molecule has 1 aromatic rings. The van der Waals surface area contributed by atoms with Gasteiger partial charge in [-0.05, 0) is 50.8 Å². The second-order valence-corrected chi connectivity index (χ2v) is 9.75. The number of ether oxygens (including phenoxy) is 2. The van der Waals surface area contributed by atoms with Crippen molar-refractivity contribution in [2.24, 2.45) is 0 Å². The molecule has 0 aromatic heterocycles. The van der Waals surface area contributed by atoms with Gasteiger partial charge in [-0.25, -0.2) is 0 Å². The summed E-state index contributed by atoms with van der Waals surface area (Å²) in [5.41, 5.74) is 6.31. The molecule has 1 aromatic carbocycles. The molecule has 2 heterocycles. The summed E-state index contributed by atoms with van der Waals surface area (Å²) in [7, 11) is 0. The minimum Gasteiger partial charge on any atom is -0.433 e. The molecular formula is C24H31ClN4O6. The highest BCUT2D eigenvalue weighted by Crippen LogP contribution is 2.27. The molecule has 35 heavy (non-hydrogen) atoms. The summed E-state index contributed by atoms with van der Waals surface area (Å²) in [4.78, 5) is 52.1. The summed E-state index contributed by atoms with van der Waals surface area (Å²) < 4.78 is 11.2. The number of nitrogen functional groups attached to an aromatic ring is 1. The number of rotatable bonds is 7. The molecule has 0 spiro atoms. The van der Waals surface area contributed by atoms with Gasteiger partial charge in [-0.2, -0.15) is 0 Å². The van der Waals surface area contributed by atoms with E-state index in [1.165, 1.54) is 23.1 Å². The zero-order valence-corrected chi connectivity index (χ0v) is 20.4. The molecule has 3 aliphatic rings. The van der Waals surface area contributed by atoms with E-state index < -0.39 is 36.3 Å². The number of cyclic esters (lactones) is 1. The minimum atomic E-state index is -0.859. The van der Waals surface area contributed by atoms with E-state index in [9.17, 15) is 19.2 Å². The van der Waals surface area contributed by atoms with Crippen LogP contribution in [0, 0.1) is 0 Å². The Hall–Kier alpha value is -2.85. The van der Waals surface area contributed by atoms with E-state index >= 15 is 0 Å². The van der Waals surface area contributed by atoms with Crippen LogP contribution in [0.15, 0.2) is 18.2 Å². The Bertz CT molecular complexity index is 998. The number of anilines is 1. The number of amides is 3. The molecule has 0 bridgehead atoms. The summed E-state index contributed by atoms with van der Waals surface area (Å²) >= 11 is 5.99. The molecule has 190 valence electrons. The van der Waals surface area contributed by atoms with Gasteiger partial charge < -0.3 is 30.7 Å². The second-order valence-electron chi connectivity index (χ2n) is 9.34. The molecule has 0 unspecified atom stereocenters. The minimum absolute atomic E-state index is 0.0234. The molecule has 2 aliphatic heterocycles. The number of carbonyl (C=O) groups is 4. The van der Waals surface area contributed by atoms with Crippen molar-refractivity contribution >= 4 is 41.0 Å². The molecule has 4 rings (SSSR count). The maximum absolute atomic E-state index is 13.1. The van der Waals surface area contributed by atoms with Gasteiger partial charge in [-0.15, -0.1) is 0 Å². The first-order chi connectivity index (χ1) is 16.7. The quantitative estimate of drug-likeness (QED) is 0.378. The van der Waals surface area contributed by atoms with Gasteiger partial charge in [0.25, 0.3) is 5.91 Å². The van der Waals surface area contributed by atoms with Gasteiger partial charge in [-0.1, -0.05) is 24.4 Å². The average molecular weight is 507 g/mol. The number of hydrogen-bond donors (Lipinski definition) is 3. The Balaban J connectivity index is 1.35. The zero-order valence-electron chi connectivity index (χ0n) is 19.6. The highest BCUT2D eigenvalue weighted by Gasteiger charge is 2.42. The van der Waals surface area contributed by atoms with E-state index in [1.54, 1.807) is 6.92 Å². The van der Waals surface area contributed by atoms with Crippen LogP contribution in [0.1, 0.15) is 62.2 Å². The smallest absolute Gasteiger partial charge is 0.310 e. The van der Waals surface area contributed by atoms with Gasteiger partial charge in [0, 0.05) is 12.1 Å². The second kappa shape index (κ2) is 10.8. The van der Waals surface area contributed by atoms with Crippen LogP contribution in [0.5, 0.6) is 0 Å². The van der Waals surface area contributed by atoms with Crippen molar-refractivity contribution in [2.75, 3.05) is 12.3 Å². The fraction of sp³-hybridized carbons (Fsp3) is 0.583. The van der Waals surface area contributed by atoms with E-state index in [2.05, 4.69) is 10.6 Å². The first-order valence-electron chi connectivity index (χ1n) is 12.0. The van der Waals surface area contributed by atoms with Crippen molar-refractivity contribution in [3.8, 4) is 0 Å². The van der Waals surface area contributed by atoms with Crippen LogP contribution in [-0.2, 0) is 23.9 Å². The highest BCUT2D eigenvalue weighted by atomic mass is 35.5. The van der Waals surface area contributed by atoms with Crippen LogP contribution < -0.4 is 16.4 Å². The fourth-order valence-electron chi connectivity index (χ4n) is 4.83. The van der Waals surface area contributed by atoms with Crippen LogP contribution in [0.25, 0.3) is 0 Å². The lowest BCUT2D eigenvalue weighted by molar-refractivity contribution is -0.176. The lowest BCUT2D eigenvalue weighted by Gasteiger charge is -2.29. The van der Waals surface area contributed by atoms with Crippen LogP contribution in [0.4, 0.5) is 5.69 Å². The van der Waals surface area contributed by atoms with Gasteiger partial charge in [-0.3, -0.25) is 19.2 Å². The van der Waals surface area contributed by atoms with Crippen molar-refractivity contribution in [3.63, 3.8) is 0 Å². The van der Waals surface area contributed by atoms with E-state index in [0.717, 1.165) is 25.7 Å². The van der Waals surface area contributed by atoms with Crippen LogP contribution in [0.2, 0.25) is 5.02 Å². The van der Waals surface area contributed by atoms with E-state index in [-0.39, 0.29) is 34.9 Å². The molecule has 4 N–H and O–H groups in total. The van der Waals surface area contributed by atoms with Crippen LogP contribution in [-0.4, -0.2) is 65.7 Å². The molecule has 3 amide bonds. The fourth-order valence-corrected chi connectivity index (χ4v) is 5.01. The van der Waals surface area contributed by atoms with Crippen molar-refractivity contribution in [1.29, 1.82) is 0 Å². The van der Waals surface area contributed by atoms with Gasteiger partial charge in [0.15, 0.2) is 0 Å². The summed E-state index contributed by atoms with van der Waals surface area (Å²) in [5.74, 6) is -1.61. The summed E-state index contributed by atoms with van der Waals surface area (Å²) in [6, 6.07) is 2.32. The van der Waals surface area contributed by atoms with Gasteiger partial charge in [0.05, 0.1) is 23.2 Å². The van der Waals surface area contributed by atoms with Gasteiger partial charge in [0.1, 0.15) is 18.1 Å². The number of likely N-dealkylation sites (tertiary alicyclic amines) is 1. The number of nitrogens with one attached hydrogen (secondary N) is 2. The third-order valence-corrected chi connectivity index (χ3v) is 7.07. The Labute approximate surface area is 208 Å². The van der Waals surface area contributed by atoms with Crippen molar-refractivity contribution < 1.29 is 28.7 Å². The lowest BCUT2D eigenvalue weighted by atomic mass is 10.1. The predicted octanol–water partition coefficient (Wildman–Crippen LogP) is 1.75. The Morgan fingerprint density at radius 2 is 1.94 bits per heavy atom. The van der Waals surface area contributed by atoms with Crippen molar-refractivity contribution in [2.45, 2.75) is 82.4 Å². The number of esters is 1. The monoisotopic (exact) mass is 506 g/mol. The summed E-state index contributed by atoms with van der Waals surface area (Å²) in [6.07, 6.45) is 4.34. The molecule has 11 heteroatoms. The maximum atomic E-state index is 13.1. The number of benzene rings is 1. The number of nitrogens with zero attached hydrogens (tertiary/aromatic N) is 1. The maximum Gasteiger partial charge on any atom is 0.310 e. The molecule has 0 radical (unpaired) electrons. The highest BCUT2D eigenvalue weighted by molar-refractivity contribution is 6.33. The molecular weight excluding hydrogens is 476 g/mol. The van der Waals surface area contributed by atoms with Gasteiger partial charge >= 0.3 is 5.97 Å². The van der Waals surface area contributed by atoms with E-state index in [1.807, 2.05) is 0 Å². The largest absolute Gasteiger partial charge is 0.433 e. The number of carbonyl (C=O) groups excluding carboxylic acids is 4. The molecule has 10 nitrogen and oxygen atoms in total. The van der Waals surface area contributed by atoms with Crippen LogP contribution in [0.3, 0.4) is 0 Å². The first kappa shape index (κ1) is 25.2.